The van der Waals surface area contributed by atoms with Crippen molar-refractivity contribution in [1.82, 2.24) is 10.4 Å². The van der Waals surface area contributed by atoms with Crippen LogP contribution >= 0.6 is 23.2 Å². The number of nitrogens with zero attached hydrogens (tertiary/aromatic N) is 2. The van der Waals surface area contributed by atoms with Crippen molar-refractivity contribution >= 4 is 35.3 Å². The minimum atomic E-state index is -2.61. The zero-order chi connectivity index (χ0) is 16.0. The Bertz CT molecular complexity index is 609. The first-order valence-electron chi connectivity index (χ1n) is 6.83. The van der Waals surface area contributed by atoms with Crippen molar-refractivity contribution in [2.24, 2.45) is 22.9 Å². The predicted molar refractivity (Wildman–Crippen MR) is 79.3 cm³/mol. The Labute approximate surface area is 135 Å². The number of hydrazone groups is 1. The van der Waals surface area contributed by atoms with E-state index in [-0.39, 0.29) is 12.3 Å². The van der Waals surface area contributed by atoms with Gasteiger partial charge in [0.05, 0.1) is 0 Å². The number of fused-ring (bicyclic) bond motifs is 2. The molecule has 1 amide bonds. The molecule has 8 heteroatoms. The first-order valence-corrected chi connectivity index (χ1v) is 7.59. The summed E-state index contributed by atoms with van der Waals surface area (Å²) in [6.45, 7) is 0. The molecule has 0 aromatic carbocycles. The highest BCUT2D eigenvalue weighted by molar-refractivity contribution is 6.34. The number of halogens is 4. The van der Waals surface area contributed by atoms with Gasteiger partial charge in [0.15, 0.2) is 0 Å². The standard InChI is InChI=1S/C14H13Cl2F2N3O/c15-13(17)10-5-9(11(6-10)14(13,16)18)7-20-21-12(22)8-1-3-19-4-2-8/h1-4,7,9-11H,5-6H2,(H,21,22). The number of amides is 1. The lowest BCUT2D eigenvalue weighted by Crippen LogP contribution is -2.47. The Balaban J connectivity index is 1.63. The number of hydrogen-bond donors (Lipinski definition) is 1. The van der Waals surface area contributed by atoms with Crippen LogP contribution in [0.15, 0.2) is 29.6 Å². The highest BCUT2D eigenvalue weighted by Gasteiger charge is 2.71. The van der Waals surface area contributed by atoms with Gasteiger partial charge < -0.3 is 0 Å². The molecule has 5 atom stereocenters. The Hall–Kier alpha value is -1.27. The third-order valence-electron chi connectivity index (χ3n) is 4.41. The summed E-state index contributed by atoms with van der Waals surface area (Å²) >= 11 is 11.3. The van der Waals surface area contributed by atoms with Crippen LogP contribution in [0.3, 0.4) is 0 Å². The summed E-state index contributed by atoms with van der Waals surface area (Å²) in [4.78, 5) is 15.6. The van der Waals surface area contributed by atoms with Crippen molar-refractivity contribution in [3.05, 3.63) is 30.1 Å². The van der Waals surface area contributed by atoms with Crippen molar-refractivity contribution in [2.45, 2.75) is 23.1 Å². The molecule has 2 aliphatic rings. The minimum absolute atomic E-state index is 0.273. The normalized spacial score (nSPS) is 40.3. The van der Waals surface area contributed by atoms with Gasteiger partial charge in [0, 0.05) is 41.9 Å². The van der Waals surface area contributed by atoms with E-state index in [1.165, 1.54) is 18.6 Å². The number of rotatable bonds is 3. The molecule has 5 unspecified atom stereocenters. The van der Waals surface area contributed by atoms with Crippen molar-refractivity contribution in [3.63, 3.8) is 0 Å². The van der Waals surface area contributed by atoms with Crippen LogP contribution < -0.4 is 5.43 Å². The summed E-state index contributed by atoms with van der Waals surface area (Å²) in [5.74, 6) is -2.15. The number of pyridine rings is 1. The van der Waals surface area contributed by atoms with Crippen LogP contribution in [0.2, 0.25) is 0 Å². The maximum absolute atomic E-state index is 14.3. The largest absolute Gasteiger partial charge is 0.271 e. The molecule has 1 N–H and O–H groups in total. The second-order valence-electron chi connectivity index (χ2n) is 5.64. The average molecular weight is 348 g/mol. The van der Waals surface area contributed by atoms with E-state index in [0.717, 1.165) is 0 Å². The van der Waals surface area contributed by atoms with Crippen LogP contribution in [0.5, 0.6) is 0 Å². The number of carbonyl (C=O) groups is 1. The molecule has 1 aromatic rings. The fraction of sp³-hybridized carbons (Fsp3) is 0.500. The van der Waals surface area contributed by atoms with Crippen LogP contribution in [-0.2, 0) is 0 Å². The summed E-state index contributed by atoms with van der Waals surface area (Å²) in [7, 11) is 0. The molecular weight excluding hydrogens is 335 g/mol. The average Bonchev–Trinajstić information content (AvgIpc) is 2.99. The maximum Gasteiger partial charge on any atom is 0.271 e. The molecule has 2 saturated carbocycles. The molecule has 0 aliphatic heterocycles. The Morgan fingerprint density at radius 1 is 1.32 bits per heavy atom. The highest BCUT2D eigenvalue weighted by Crippen LogP contribution is 2.65. The van der Waals surface area contributed by atoms with E-state index in [9.17, 15) is 13.6 Å². The molecule has 1 aromatic heterocycles. The fourth-order valence-corrected chi connectivity index (χ4v) is 3.95. The van der Waals surface area contributed by atoms with Gasteiger partial charge in [-0.05, 0) is 25.0 Å². The lowest BCUT2D eigenvalue weighted by Gasteiger charge is -2.36. The smallest absolute Gasteiger partial charge is 0.267 e. The summed E-state index contributed by atoms with van der Waals surface area (Å²) in [6.07, 6.45) is 5.01. The quantitative estimate of drug-likeness (QED) is 0.518. The summed E-state index contributed by atoms with van der Waals surface area (Å²) < 4.78 is 28.4. The molecule has 0 saturated heterocycles. The maximum atomic E-state index is 14.3. The monoisotopic (exact) mass is 347 g/mol. The van der Waals surface area contributed by atoms with Gasteiger partial charge in [0.1, 0.15) is 0 Å². The number of hydrogen-bond acceptors (Lipinski definition) is 3. The molecule has 0 radical (unpaired) electrons. The van der Waals surface area contributed by atoms with Crippen molar-refractivity contribution < 1.29 is 13.6 Å². The van der Waals surface area contributed by atoms with Crippen LogP contribution in [-0.4, -0.2) is 27.4 Å². The van der Waals surface area contributed by atoms with Gasteiger partial charge in [0.25, 0.3) is 5.91 Å². The van der Waals surface area contributed by atoms with Crippen LogP contribution in [0.1, 0.15) is 23.2 Å². The van der Waals surface area contributed by atoms with Gasteiger partial charge in [-0.3, -0.25) is 9.78 Å². The van der Waals surface area contributed by atoms with E-state index in [1.54, 1.807) is 12.1 Å². The number of nitrogens with one attached hydrogen (secondary N) is 1. The molecule has 0 spiro atoms. The SMILES string of the molecule is O=C(NN=CC1CC2CC1C(F)(Cl)C2(F)Cl)c1ccncc1. The van der Waals surface area contributed by atoms with Crippen molar-refractivity contribution in [3.8, 4) is 0 Å². The second kappa shape index (κ2) is 5.42. The topological polar surface area (TPSA) is 54.4 Å². The molecule has 2 bridgehead atoms. The molecule has 22 heavy (non-hydrogen) atoms. The summed E-state index contributed by atoms with van der Waals surface area (Å²) in [5.41, 5.74) is 2.75. The van der Waals surface area contributed by atoms with Crippen LogP contribution in [0.25, 0.3) is 0 Å². The molecule has 4 nitrogen and oxygen atoms in total. The molecule has 3 rings (SSSR count). The Morgan fingerprint density at radius 2 is 2.00 bits per heavy atom. The van der Waals surface area contributed by atoms with Gasteiger partial charge in [-0.15, -0.1) is 0 Å². The number of aromatic nitrogens is 1. The lowest BCUT2D eigenvalue weighted by atomic mass is 9.86. The van der Waals surface area contributed by atoms with Gasteiger partial charge in [-0.1, -0.05) is 23.2 Å². The van der Waals surface area contributed by atoms with Crippen LogP contribution in [0.4, 0.5) is 8.78 Å². The zero-order valence-electron chi connectivity index (χ0n) is 11.3. The summed E-state index contributed by atoms with van der Waals surface area (Å²) in [6, 6.07) is 3.08. The molecule has 1 heterocycles. The van der Waals surface area contributed by atoms with Gasteiger partial charge in [-0.25, -0.2) is 14.2 Å². The van der Waals surface area contributed by atoms with E-state index >= 15 is 0 Å². The van der Waals surface area contributed by atoms with E-state index < -0.39 is 28.0 Å². The van der Waals surface area contributed by atoms with E-state index in [1.807, 2.05) is 0 Å². The van der Waals surface area contributed by atoms with E-state index in [4.69, 9.17) is 23.2 Å². The molecule has 2 aliphatic carbocycles. The van der Waals surface area contributed by atoms with Gasteiger partial charge in [0.2, 0.25) is 10.3 Å². The zero-order valence-corrected chi connectivity index (χ0v) is 12.9. The van der Waals surface area contributed by atoms with E-state index in [0.29, 0.717) is 12.0 Å². The van der Waals surface area contributed by atoms with E-state index in [2.05, 4.69) is 15.5 Å². The van der Waals surface area contributed by atoms with Gasteiger partial charge >= 0.3 is 0 Å². The lowest BCUT2D eigenvalue weighted by molar-refractivity contribution is 0.0289. The van der Waals surface area contributed by atoms with Gasteiger partial charge in [-0.2, -0.15) is 5.10 Å². The highest BCUT2D eigenvalue weighted by atomic mass is 35.5. The third kappa shape index (κ3) is 2.38. The predicted octanol–water partition coefficient (Wildman–Crippen LogP) is 3.26. The minimum Gasteiger partial charge on any atom is -0.267 e. The molecular formula is C14H13Cl2F2N3O. The second-order valence-corrected chi connectivity index (χ2v) is 6.74. The first kappa shape index (κ1) is 15.6. The third-order valence-corrected chi connectivity index (χ3v) is 5.65. The van der Waals surface area contributed by atoms with Crippen LogP contribution in [0, 0.1) is 17.8 Å². The molecule has 118 valence electrons. The fourth-order valence-electron chi connectivity index (χ4n) is 3.23. The Kier molecular flexibility index (Phi) is 3.85. The number of alkyl halides is 4. The van der Waals surface area contributed by atoms with Crippen molar-refractivity contribution in [1.29, 1.82) is 0 Å². The van der Waals surface area contributed by atoms with Crippen molar-refractivity contribution in [2.75, 3.05) is 0 Å². The first-order chi connectivity index (χ1) is 10.3. The Morgan fingerprint density at radius 3 is 2.59 bits per heavy atom. The summed E-state index contributed by atoms with van der Waals surface area (Å²) in [5, 5.41) is -1.32. The number of carbonyl (C=O) groups excluding carboxylic acids is 1. The molecule has 2 fully saturated rings.